The lowest BCUT2D eigenvalue weighted by atomic mass is 10.1. The van der Waals surface area contributed by atoms with Gasteiger partial charge in [0, 0.05) is 6.61 Å². The fourth-order valence-corrected chi connectivity index (χ4v) is 1.23. The van der Waals surface area contributed by atoms with Crippen LogP contribution in [-0.2, 0) is 4.74 Å². The van der Waals surface area contributed by atoms with E-state index in [4.69, 9.17) is 4.74 Å². The molecule has 0 aliphatic heterocycles. The molecular formula is C12H11F5O. The third-order valence-corrected chi connectivity index (χ3v) is 2.09. The summed E-state index contributed by atoms with van der Waals surface area (Å²) in [6.07, 6.45) is 2.76. The highest BCUT2D eigenvalue weighted by Gasteiger charge is 2.23. The summed E-state index contributed by atoms with van der Waals surface area (Å²) in [5.41, 5.74) is -0.966. The first-order valence-electron chi connectivity index (χ1n) is 5.26. The van der Waals surface area contributed by atoms with Crippen molar-refractivity contribution in [2.24, 2.45) is 0 Å². The standard InChI is InChI=1S/C12H11F5O/c1-2-5-18-6-3-4-7-8(13)10(15)12(17)11(16)9(7)14/h3-4H,2,5-6H2,1H3/b4-3+. The predicted molar refractivity (Wildman–Crippen MR) is 56.4 cm³/mol. The molecule has 0 bridgehead atoms. The van der Waals surface area contributed by atoms with Gasteiger partial charge in [0.15, 0.2) is 23.3 Å². The van der Waals surface area contributed by atoms with E-state index in [0.29, 0.717) is 6.61 Å². The predicted octanol–water partition coefficient (Wildman–Crippen LogP) is 3.82. The topological polar surface area (TPSA) is 9.23 Å². The van der Waals surface area contributed by atoms with Gasteiger partial charge in [-0.05, 0) is 6.42 Å². The molecule has 0 atom stereocenters. The second-order valence-corrected chi connectivity index (χ2v) is 3.46. The Bertz CT molecular complexity index is 427. The second-order valence-electron chi connectivity index (χ2n) is 3.46. The molecule has 0 unspecified atom stereocenters. The average molecular weight is 266 g/mol. The number of hydrogen-bond donors (Lipinski definition) is 0. The van der Waals surface area contributed by atoms with E-state index < -0.39 is 34.6 Å². The van der Waals surface area contributed by atoms with Crippen LogP contribution in [0.5, 0.6) is 0 Å². The van der Waals surface area contributed by atoms with E-state index in [0.717, 1.165) is 12.5 Å². The second kappa shape index (κ2) is 6.49. The van der Waals surface area contributed by atoms with Crippen molar-refractivity contribution in [3.63, 3.8) is 0 Å². The first kappa shape index (κ1) is 14.6. The van der Waals surface area contributed by atoms with E-state index in [1.807, 2.05) is 6.92 Å². The van der Waals surface area contributed by atoms with E-state index in [1.54, 1.807) is 0 Å². The lowest BCUT2D eigenvalue weighted by Crippen LogP contribution is -2.04. The maximum absolute atomic E-state index is 13.2. The van der Waals surface area contributed by atoms with Gasteiger partial charge < -0.3 is 4.74 Å². The molecular weight excluding hydrogens is 255 g/mol. The minimum absolute atomic E-state index is 0.0351. The highest BCUT2D eigenvalue weighted by Crippen LogP contribution is 2.23. The van der Waals surface area contributed by atoms with Crippen LogP contribution in [0.3, 0.4) is 0 Å². The van der Waals surface area contributed by atoms with Gasteiger partial charge in [0.05, 0.1) is 12.2 Å². The molecule has 1 aromatic rings. The van der Waals surface area contributed by atoms with E-state index in [-0.39, 0.29) is 6.61 Å². The summed E-state index contributed by atoms with van der Waals surface area (Å²) in [6.45, 7) is 2.35. The first-order valence-corrected chi connectivity index (χ1v) is 5.26. The molecule has 0 saturated carbocycles. The largest absolute Gasteiger partial charge is 0.377 e. The molecule has 0 radical (unpaired) electrons. The summed E-state index contributed by atoms with van der Waals surface area (Å²) in [4.78, 5) is 0. The maximum atomic E-state index is 13.2. The molecule has 0 heterocycles. The Morgan fingerprint density at radius 3 is 1.89 bits per heavy atom. The van der Waals surface area contributed by atoms with Crippen molar-refractivity contribution in [3.8, 4) is 0 Å². The summed E-state index contributed by atoms with van der Waals surface area (Å²) in [7, 11) is 0. The van der Waals surface area contributed by atoms with Gasteiger partial charge in [-0.3, -0.25) is 0 Å². The first-order chi connectivity index (χ1) is 8.50. The molecule has 0 saturated heterocycles. The Morgan fingerprint density at radius 1 is 0.889 bits per heavy atom. The minimum Gasteiger partial charge on any atom is -0.377 e. The quantitative estimate of drug-likeness (QED) is 0.341. The maximum Gasteiger partial charge on any atom is 0.200 e. The molecule has 1 aromatic carbocycles. The van der Waals surface area contributed by atoms with Gasteiger partial charge in [-0.25, -0.2) is 22.0 Å². The zero-order chi connectivity index (χ0) is 13.7. The summed E-state index contributed by atoms with van der Waals surface area (Å²) >= 11 is 0. The zero-order valence-corrected chi connectivity index (χ0v) is 9.57. The summed E-state index contributed by atoms with van der Waals surface area (Å²) < 4.78 is 69.6. The van der Waals surface area contributed by atoms with Crippen LogP contribution in [0.25, 0.3) is 6.08 Å². The van der Waals surface area contributed by atoms with Crippen molar-refractivity contribution in [2.75, 3.05) is 13.2 Å². The summed E-state index contributed by atoms with van der Waals surface area (Å²) in [5, 5.41) is 0. The van der Waals surface area contributed by atoms with Crippen LogP contribution >= 0.6 is 0 Å². The number of hydrogen-bond acceptors (Lipinski definition) is 1. The van der Waals surface area contributed by atoms with Crippen molar-refractivity contribution in [2.45, 2.75) is 13.3 Å². The van der Waals surface area contributed by atoms with Crippen LogP contribution in [0.15, 0.2) is 6.08 Å². The van der Waals surface area contributed by atoms with Gasteiger partial charge in [-0.15, -0.1) is 0 Å². The highest BCUT2D eigenvalue weighted by atomic mass is 19.2. The molecule has 100 valence electrons. The molecule has 18 heavy (non-hydrogen) atoms. The molecule has 0 N–H and O–H groups in total. The number of benzene rings is 1. The lowest BCUT2D eigenvalue weighted by molar-refractivity contribution is 0.163. The van der Waals surface area contributed by atoms with Crippen molar-refractivity contribution < 1.29 is 26.7 Å². The fourth-order valence-electron chi connectivity index (χ4n) is 1.23. The Kier molecular flexibility index (Phi) is 5.27. The summed E-state index contributed by atoms with van der Waals surface area (Å²) in [5.74, 6) is -9.77. The third kappa shape index (κ3) is 3.07. The van der Waals surface area contributed by atoms with Gasteiger partial charge in [0.25, 0.3) is 0 Å². The molecule has 1 nitrogen and oxygen atoms in total. The Hall–Kier alpha value is -1.43. The van der Waals surface area contributed by atoms with Gasteiger partial charge in [0.1, 0.15) is 0 Å². The Labute approximate surface area is 101 Å². The van der Waals surface area contributed by atoms with Crippen LogP contribution in [0.2, 0.25) is 0 Å². The SMILES string of the molecule is CCCOC/C=C/c1c(F)c(F)c(F)c(F)c1F. The Balaban J connectivity index is 2.96. The van der Waals surface area contributed by atoms with Crippen molar-refractivity contribution in [3.05, 3.63) is 40.7 Å². The van der Waals surface area contributed by atoms with Gasteiger partial charge >= 0.3 is 0 Å². The van der Waals surface area contributed by atoms with Crippen molar-refractivity contribution >= 4 is 6.08 Å². The minimum atomic E-state index is -2.16. The average Bonchev–Trinajstić information content (AvgIpc) is 2.37. The molecule has 1 rings (SSSR count). The van der Waals surface area contributed by atoms with Crippen molar-refractivity contribution in [1.82, 2.24) is 0 Å². The molecule has 0 fully saturated rings. The third-order valence-electron chi connectivity index (χ3n) is 2.09. The number of ether oxygens (including phenoxy) is 1. The highest BCUT2D eigenvalue weighted by molar-refractivity contribution is 5.51. The molecule has 0 aliphatic carbocycles. The van der Waals surface area contributed by atoms with E-state index in [2.05, 4.69) is 0 Å². The zero-order valence-electron chi connectivity index (χ0n) is 9.57. The molecule has 0 spiro atoms. The van der Waals surface area contributed by atoms with Crippen molar-refractivity contribution in [1.29, 1.82) is 0 Å². The van der Waals surface area contributed by atoms with Gasteiger partial charge in [-0.1, -0.05) is 19.1 Å². The van der Waals surface area contributed by atoms with Crippen LogP contribution < -0.4 is 0 Å². The molecule has 0 amide bonds. The summed E-state index contributed by atoms with van der Waals surface area (Å²) in [6, 6.07) is 0. The van der Waals surface area contributed by atoms with E-state index >= 15 is 0 Å². The van der Waals surface area contributed by atoms with Gasteiger partial charge in [0.2, 0.25) is 5.82 Å². The van der Waals surface area contributed by atoms with Crippen LogP contribution in [0.1, 0.15) is 18.9 Å². The number of halogens is 5. The smallest absolute Gasteiger partial charge is 0.200 e. The monoisotopic (exact) mass is 266 g/mol. The number of rotatable bonds is 5. The van der Waals surface area contributed by atoms with E-state index in [1.165, 1.54) is 6.08 Å². The lowest BCUT2D eigenvalue weighted by Gasteiger charge is -2.04. The normalized spacial score (nSPS) is 11.4. The van der Waals surface area contributed by atoms with Crippen LogP contribution in [0.4, 0.5) is 22.0 Å². The van der Waals surface area contributed by atoms with E-state index in [9.17, 15) is 22.0 Å². The van der Waals surface area contributed by atoms with Crippen LogP contribution in [0, 0.1) is 29.1 Å². The fraction of sp³-hybridized carbons (Fsp3) is 0.333. The molecule has 0 aromatic heterocycles. The van der Waals surface area contributed by atoms with Crippen LogP contribution in [-0.4, -0.2) is 13.2 Å². The van der Waals surface area contributed by atoms with Gasteiger partial charge in [-0.2, -0.15) is 0 Å². The molecule has 6 heteroatoms. The Morgan fingerprint density at radius 2 is 1.39 bits per heavy atom. The molecule has 0 aliphatic rings.